The van der Waals surface area contributed by atoms with Crippen LogP contribution in [0.25, 0.3) is 0 Å². The zero-order chi connectivity index (χ0) is 15.4. The maximum Gasteiger partial charge on any atom is 0.274 e. The molecule has 0 spiro atoms. The number of nitrogens with one attached hydrogen (secondary N) is 1. The van der Waals surface area contributed by atoms with E-state index in [1.165, 1.54) is 4.57 Å². The zero-order valence-corrected chi connectivity index (χ0v) is 13.7. The van der Waals surface area contributed by atoms with Crippen LogP contribution < -0.4 is 10.9 Å². The van der Waals surface area contributed by atoms with Crippen molar-refractivity contribution in [3.05, 3.63) is 61.9 Å². The number of nitrogens with zero attached hydrogens (tertiary/aromatic N) is 1. The van der Waals surface area contributed by atoms with Crippen LogP contribution in [0.1, 0.15) is 12.0 Å². The molecule has 1 N–H and O–H groups in total. The van der Waals surface area contributed by atoms with Crippen LogP contribution in [0.3, 0.4) is 0 Å². The topological polar surface area (TPSA) is 51.1 Å². The van der Waals surface area contributed by atoms with Crippen LogP contribution in [0.15, 0.2) is 45.8 Å². The standard InChI is InChI=1S/C15H14BrClN2O2/c1-19-9-11(16)8-13(15(19)21)18-14(20)7-4-10-2-5-12(17)6-3-10/h2-3,5-6,8-9H,4,7H2,1H3,(H,18,20). The van der Waals surface area contributed by atoms with Crippen molar-refractivity contribution in [2.75, 3.05) is 5.32 Å². The van der Waals surface area contributed by atoms with Gasteiger partial charge >= 0.3 is 0 Å². The molecular formula is C15H14BrClN2O2. The number of benzene rings is 1. The highest BCUT2D eigenvalue weighted by Crippen LogP contribution is 2.13. The van der Waals surface area contributed by atoms with E-state index in [1.54, 1.807) is 31.4 Å². The van der Waals surface area contributed by atoms with E-state index in [9.17, 15) is 9.59 Å². The Bertz CT molecular complexity index is 711. The van der Waals surface area contributed by atoms with Crippen LogP contribution >= 0.6 is 27.5 Å². The molecule has 6 heteroatoms. The molecule has 1 aromatic heterocycles. The number of amides is 1. The molecule has 0 fully saturated rings. The van der Waals surface area contributed by atoms with E-state index in [0.717, 1.165) is 10.0 Å². The van der Waals surface area contributed by atoms with Crippen molar-refractivity contribution < 1.29 is 4.79 Å². The van der Waals surface area contributed by atoms with E-state index in [4.69, 9.17) is 11.6 Å². The summed E-state index contributed by atoms with van der Waals surface area (Å²) in [7, 11) is 1.64. The molecular weight excluding hydrogens is 356 g/mol. The van der Waals surface area contributed by atoms with Crippen LogP contribution in [-0.2, 0) is 18.3 Å². The fraction of sp³-hybridized carbons (Fsp3) is 0.200. The molecule has 0 atom stereocenters. The first-order valence-corrected chi connectivity index (χ1v) is 7.53. The summed E-state index contributed by atoms with van der Waals surface area (Å²) in [5.41, 5.74) is 1.06. The molecule has 0 radical (unpaired) electrons. The summed E-state index contributed by atoms with van der Waals surface area (Å²) in [6.07, 6.45) is 2.54. The highest BCUT2D eigenvalue weighted by Gasteiger charge is 2.08. The molecule has 0 unspecified atom stereocenters. The number of carbonyl (C=O) groups is 1. The molecule has 0 saturated carbocycles. The summed E-state index contributed by atoms with van der Waals surface area (Å²) in [4.78, 5) is 23.8. The van der Waals surface area contributed by atoms with Crippen molar-refractivity contribution >= 4 is 39.1 Å². The van der Waals surface area contributed by atoms with E-state index in [-0.39, 0.29) is 17.2 Å². The lowest BCUT2D eigenvalue weighted by Gasteiger charge is -2.07. The second-order valence-corrected chi connectivity index (χ2v) is 6.01. The number of hydrogen-bond acceptors (Lipinski definition) is 2. The van der Waals surface area contributed by atoms with Gasteiger partial charge in [0.2, 0.25) is 5.91 Å². The largest absolute Gasteiger partial charge is 0.321 e. The normalized spacial score (nSPS) is 10.4. The minimum Gasteiger partial charge on any atom is -0.321 e. The van der Waals surface area contributed by atoms with Crippen molar-refractivity contribution in [1.82, 2.24) is 4.57 Å². The van der Waals surface area contributed by atoms with Crippen LogP contribution in [0, 0.1) is 0 Å². The summed E-state index contributed by atoms with van der Waals surface area (Å²) in [6.45, 7) is 0. The monoisotopic (exact) mass is 368 g/mol. The van der Waals surface area contributed by atoms with Crippen molar-refractivity contribution in [3.8, 4) is 0 Å². The summed E-state index contributed by atoms with van der Waals surface area (Å²) >= 11 is 9.10. The molecule has 0 saturated heterocycles. The maximum absolute atomic E-state index is 11.9. The van der Waals surface area contributed by atoms with Gasteiger partial charge in [-0.05, 0) is 46.1 Å². The maximum atomic E-state index is 11.9. The van der Waals surface area contributed by atoms with E-state index >= 15 is 0 Å². The van der Waals surface area contributed by atoms with Crippen molar-refractivity contribution in [2.24, 2.45) is 7.05 Å². The SMILES string of the molecule is Cn1cc(Br)cc(NC(=O)CCc2ccc(Cl)cc2)c1=O. The van der Waals surface area contributed by atoms with Gasteiger partial charge in [0.15, 0.2) is 0 Å². The second kappa shape index (κ2) is 6.91. The van der Waals surface area contributed by atoms with Gasteiger partial charge in [0.05, 0.1) is 0 Å². The Kier molecular flexibility index (Phi) is 5.20. The predicted octanol–water partition coefficient (Wildman–Crippen LogP) is 3.37. The van der Waals surface area contributed by atoms with Crippen molar-refractivity contribution in [3.63, 3.8) is 0 Å². The molecule has 0 bridgehead atoms. The first kappa shape index (κ1) is 15.8. The minimum absolute atomic E-state index is 0.194. The van der Waals surface area contributed by atoms with Gasteiger partial charge in [0.25, 0.3) is 5.56 Å². The van der Waals surface area contributed by atoms with Gasteiger partial charge in [0.1, 0.15) is 5.69 Å². The van der Waals surface area contributed by atoms with Crippen LogP contribution in [0.5, 0.6) is 0 Å². The van der Waals surface area contributed by atoms with Crippen molar-refractivity contribution in [1.29, 1.82) is 0 Å². The fourth-order valence-corrected chi connectivity index (χ4v) is 2.54. The molecule has 4 nitrogen and oxygen atoms in total. The summed E-state index contributed by atoms with van der Waals surface area (Å²) < 4.78 is 2.15. The molecule has 1 heterocycles. The minimum atomic E-state index is -0.238. The highest BCUT2D eigenvalue weighted by molar-refractivity contribution is 9.10. The Hall–Kier alpha value is -1.59. The van der Waals surface area contributed by atoms with E-state index in [0.29, 0.717) is 17.9 Å². The second-order valence-electron chi connectivity index (χ2n) is 4.66. The van der Waals surface area contributed by atoms with E-state index in [1.807, 2.05) is 12.1 Å². The molecule has 110 valence electrons. The number of pyridine rings is 1. The number of halogens is 2. The Morgan fingerprint density at radius 3 is 2.67 bits per heavy atom. The average Bonchev–Trinajstić information content (AvgIpc) is 2.43. The lowest BCUT2D eigenvalue weighted by molar-refractivity contribution is -0.116. The Balaban J connectivity index is 1.99. The number of rotatable bonds is 4. The lowest BCUT2D eigenvalue weighted by atomic mass is 10.1. The Morgan fingerprint density at radius 2 is 2.00 bits per heavy atom. The number of aromatic nitrogens is 1. The molecule has 1 aromatic carbocycles. The van der Waals surface area contributed by atoms with Gasteiger partial charge < -0.3 is 9.88 Å². The van der Waals surface area contributed by atoms with Gasteiger partial charge in [-0.15, -0.1) is 0 Å². The average molecular weight is 370 g/mol. The molecule has 0 aliphatic heterocycles. The zero-order valence-electron chi connectivity index (χ0n) is 11.4. The van der Waals surface area contributed by atoms with Gasteiger partial charge in [0, 0.05) is 29.2 Å². The van der Waals surface area contributed by atoms with Gasteiger partial charge in [-0.2, -0.15) is 0 Å². The number of aryl methyl sites for hydroxylation is 2. The Morgan fingerprint density at radius 1 is 1.33 bits per heavy atom. The van der Waals surface area contributed by atoms with Gasteiger partial charge in [-0.3, -0.25) is 9.59 Å². The quantitative estimate of drug-likeness (QED) is 0.898. The molecule has 21 heavy (non-hydrogen) atoms. The highest BCUT2D eigenvalue weighted by atomic mass is 79.9. The first-order valence-electron chi connectivity index (χ1n) is 6.36. The van der Waals surface area contributed by atoms with Crippen LogP contribution in [-0.4, -0.2) is 10.5 Å². The molecule has 0 aliphatic rings. The van der Waals surface area contributed by atoms with Crippen molar-refractivity contribution in [2.45, 2.75) is 12.8 Å². The van der Waals surface area contributed by atoms with E-state index < -0.39 is 0 Å². The third kappa shape index (κ3) is 4.44. The van der Waals surface area contributed by atoms with E-state index in [2.05, 4.69) is 21.2 Å². The smallest absolute Gasteiger partial charge is 0.274 e. The summed E-state index contributed by atoms with van der Waals surface area (Å²) in [6, 6.07) is 8.95. The van der Waals surface area contributed by atoms with Crippen LogP contribution in [0.2, 0.25) is 5.02 Å². The molecule has 1 amide bonds. The van der Waals surface area contributed by atoms with Crippen LogP contribution in [0.4, 0.5) is 5.69 Å². The third-order valence-electron chi connectivity index (χ3n) is 2.98. The van der Waals surface area contributed by atoms with Gasteiger partial charge in [-0.25, -0.2) is 0 Å². The third-order valence-corrected chi connectivity index (χ3v) is 3.66. The molecule has 0 aliphatic carbocycles. The fourth-order valence-electron chi connectivity index (χ4n) is 1.88. The predicted molar refractivity (Wildman–Crippen MR) is 87.8 cm³/mol. The lowest BCUT2D eigenvalue weighted by Crippen LogP contribution is -2.24. The molecule has 2 aromatic rings. The molecule has 2 rings (SSSR count). The number of anilines is 1. The number of hydrogen-bond donors (Lipinski definition) is 1. The Labute approximate surface area is 135 Å². The summed E-state index contributed by atoms with van der Waals surface area (Å²) in [5.74, 6) is -0.194. The first-order chi connectivity index (χ1) is 9.95. The number of carbonyl (C=O) groups excluding carboxylic acids is 1. The summed E-state index contributed by atoms with van der Waals surface area (Å²) in [5, 5.41) is 3.31. The van der Waals surface area contributed by atoms with Gasteiger partial charge in [-0.1, -0.05) is 23.7 Å².